The minimum atomic E-state index is -0.451. The third-order valence-corrected chi connectivity index (χ3v) is 4.37. The zero-order chi connectivity index (χ0) is 16.7. The quantitative estimate of drug-likeness (QED) is 0.808. The Morgan fingerprint density at radius 2 is 1.70 bits per heavy atom. The van der Waals surface area contributed by atoms with Gasteiger partial charge in [0, 0.05) is 15.5 Å². The summed E-state index contributed by atoms with van der Waals surface area (Å²) in [5.74, 6) is 0.707. The summed E-state index contributed by atoms with van der Waals surface area (Å²) < 4.78 is 5.15. The fourth-order valence-corrected chi connectivity index (χ4v) is 2.88. The van der Waals surface area contributed by atoms with Crippen LogP contribution < -0.4 is 15.8 Å². The van der Waals surface area contributed by atoms with Gasteiger partial charge in [-0.3, -0.25) is 4.79 Å². The van der Waals surface area contributed by atoms with Crippen LogP contribution in [0.3, 0.4) is 0 Å². The first-order chi connectivity index (χ1) is 11.1. The van der Waals surface area contributed by atoms with Gasteiger partial charge in [-0.2, -0.15) is 0 Å². The van der Waals surface area contributed by atoms with E-state index >= 15 is 0 Å². The molecule has 1 atom stereocenters. The van der Waals surface area contributed by atoms with Crippen molar-refractivity contribution in [1.29, 1.82) is 0 Å². The van der Waals surface area contributed by atoms with Gasteiger partial charge in [0.15, 0.2) is 0 Å². The summed E-state index contributed by atoms with van der Waals surface area (Å²) in [4.78, 5) is 14.1. The number of hydrogen-bond acceptors (Lipinski definition) is 4. The lowest BCUT2D eigenvalue weighted by molar-refractivity contribution is -0.117. The van der Waals surface area contributed by atoms with Crippen molar-refractivity contribution < 1.29 is 9.53 Å². The van der Waals surface area contributed by atoms with Crippen molar-refractivity contribution in [2.45, 2.75) is 35.6 Å². The summed E-state index contributed by atoms with van der Waals surface area (Å²) >= 11 is 1.66. The van der Waals surface area contributed by atoms with Crippen molar-refractivity contribution in [2.24, 2.45) is 5.73 Å². The maximum atomic E-state index is 11.9. The fraction of sp³-hybridized carbons (Fsp3) is 0.278. The lowest BCUT2D eigenvalue weighted by atomic mass is 10.1. The van der Waals surface area contributed by atoms with E-state index in [2.05, 4.69) is 5.32 Å². The number of amides is 1. The smallest absolute Gasteiger partial charge is 0.241 e. The number of carbonyl (C=O) groups excluding carboxylic acids is 1. The third-order valence-electron chi connectivity index (χ3n) is 3.35. The first-order valence-corrected chi connectivity index (χ1v) is 8.42. The maximum Gasteiger partial charge on any atom is 0.241 e. The first kappa shape index (κ1) is 17.4. The summed E-state index contributed by atoms with van der Waals surface area (Å²) in [5, 5.41) is 2.84. The fourth-order valence-electron chi connectivity index (χ4n) is 2.06. The summed E-state index contributed by atoms with van der Waals surface area (Å²) in [6.45, 7) is 2.01. The van der Waals surface area contributed by atoms with Crippen molar-refractivity contribution in [3.63, 3.8) is 0 Å². The molecule has 2 aromatic rings. The van der Waals surface area contributed by atoms with Crippen molar-refractivity contribution in [3.8, 4) is 5.75 Å². The summed E-state index contributed by atoms with van der Waals surface area (Å²) in [6, 6.07) is 15.2. The molecule has 2 aromatic carbocycles. The van der Waals surface area contributed by atoms with Gasteiger partial charge >= 0.3 is 0 Å². The number of anilines is 1. The Balaban J connectivity index is 1.94. The molecule has 0 fully saturated rings. The number of methoxy groups -OCH3 is 1. The van der Waals surface area contributed by atoms with Gasteiger partial charge in [-0.05, 0) is 55.0 Å². The highest BCUT2D eigenvalue weighted by Crippen LogP contribution is 2.29. The van der Waals surface area contributed by atoms with E-state index in [-0.39, 0.29) is 5.91 Å². The van der Waals surface area contributed by atoms with Gasteiger partial charge in [0.1, 0.15) is 5.75 Å². The van der Waals surface area contributed by atoms with E-state index in [9.17, 15) is 4.79 Å². The lowest BCUT2D eigenvalue weighted by Gasteiger charge is -2.11. The second kappa shape index (κ2) is 8.60. The van der Waals surface area contributed by atoms with Crippen molar-refractivity contribution in [2.75, 3.05) is 12.4 Å². The van der Waals surface area contributed by atoms with Crippen LogP contribution in [-0.2, 0) is 4.79 Å². The van der Waals surface area contributed by atoms with Gasteiger partial charge in [0.05, 0.1) is 13.2 Å². The molecule has 0 bridgehead atoms. The molecule has 2 rings (SSSR count). The average molecular weight is 330 g/mol. The van der Waals surface area contributed by atoms with Crippen LogP contribution in [0.2, 0.25) is 0 Å². The number of hydrogen-bond donors (Lipinski definition) is 2. The number of rotatable bonds is 7. The van der Waals surface area contributed by atoms with Gasteiger partial charge in [-0.15, -0.1) is 0 Å². The Morgan fingerprint density at radius 1 is 1.13 bits per heavy atom. The van der Waals surface area contributed by atoms with E-state index in [1.165, 1.54) is 0 Å². The van der Waals surface area contributed by atoms with Crippen LogP contribution in [0.4, 0.5) is 5.69 Å². The number of nitrogens with two attached hydrogens (primary N) is 1. The van der Waals surface area contributed by atoms with Crippen LogP contribution in [0.1, 0.15) is 19.8 Å². The molecule has 0 heterocycles. The first-order valence-electron chi connectivity index (χ1n) is 7.60. The van der Waals surface area contributed by atoms with Crippen molar-refractivity contribution in [3.05, 3.63) is 48.5 Å². The number of benzene rings is 2. The van der Waals surface area contributed by atoms with E-state index in [4.69, 9.17) is 10.5 Å². The molecule has 0 aliphatic rings. The molecule has 23 heavy (non-hydrogen) atoms. The second-order valence-corrected chi connectivity index (χ2v) is 6.33. The molecule has 122 valence electrons. The Labute approximate surface area is 141 Å². The van der Waals surface area contributed by atoms with Crippen LogP contribution in [0, 0.1) is 0 Å². The van der Waals surface area contributed by atoms with Gasteiger partial charge in [0.25, 0.3) is 0 Å². The molecule has 0 aliphatic carbocycles. The maximum absolute atomic E-state index is 11.9. The molecule has 1 unspecified atom stereocenters. The standard InChI is InChI=1S/C18H22N2O2S/c1-3-4-17(19)18(21)20-13-5-9-15(10-6-13)23-16-11-7-14(22-2)8-12-16/h5-12,17H,3-4,19H2,1-2H3,(H,20,21). The van der Waals surface area contributed by atoms with E-state index in [0.717, 1.165) is 27.6 Å². The molecular weight excluding hydrogens is 308 g/mol. The zero-order valence-electron chi connectivity index (χ0n) is 13.4. The normalized spacial score (nSPS) is 11.8. The van der Waals surface area contributed by atoms with Crippen LogP contribution in [0.25, 0.3) is 0 Å². The molecule has 0 saturated carbocycles. The van der Waals surface area contributed by atoms with Gasteiger partial charge in [-0.25, -0.2) is 0 Å². The zero-order valence-corrected chi connectivity index (χ0v) is 14.2. The van der Waals surface area contributed by atoms with Gasteiger partial charge in [0.2, 0.25) is 5.91 Å². The minimum absolute atomic E-state index is 0.137. The minimum Gasteiger partial charge on any atom is -0.497 e. The predicted molar refractivity (Wildman–Crippen MR) is 95.1 cm³/mol. The molecule has 4 nitrogen and oxygen atoms in total. The van der Waals surface area contributed by atoms with Crippen LogP contribution in [0.15, 0.2) is 58.3 Å². The highest BCUT2D eigenvalue weighted by Gasteiger charge is 2.12. The Kier molecular flexibility index (Phi) is 6.50. The van der Waals surface area contributed by atoms with E-state index in [0.29, 0.717) is 6.42 Å². The molecule has 1 amide bonds. The molecule has 3 N–H and O–H groups in total. The topological polar surface area (TPSA) is 64.4 Å². The van der Waals surface area contributed by atoms with Crippen LogP contribution >= 0.6 is 11.8 Å². The Hall–Kier alpha value is -1.98. The van der Waals surface area contributed by atoms with Crippen LogP contribution in [-0.4, -0.2) is 19.1 Å². The van der Waals surface area contributed by atoms with Gasteiger partial charge in [-0.1, -0.05) is 25.1 Å². The molecule has 0 aliphatic heterocycles. The van der Waals surface area contributed by atoms with E-state index in [1.54, 1.807) is 18.9 Å². The molecule has 0 saturated heterocycles. The molecule has 0 spiro atoms. The monoisotopic (exact) mass is 330 g/mol. The van der Waals surface area contributed by atoms with Crippen LogP contribution in [0.5, 0.6) is 5.75 Å². The predicted octanol–water partition coefficient (Wildman–Crippen LogP) is 3.91. The van der Waals surface area contributed by atoms with E-state index in [1.807, 2.05) is 55.5 Å². The largest absolute Gasteiger partial charge is 0.497 e. The number of carbonyl (C=O) groups is 1. The summed E-state index contributed by atoms with van der Waals surface area (Å²) in [5.41, 5.74) is 6.57. The van der Waals surface area contributed by atoms with Gasteiger partial charge < -0.3 is 15.8 Å². The van der Waals surface area contributed by atoms with Crippen molar-refractivity contribution in [1.82, 2.24) is 0 Å². The molecular formula is C18H22N2O2S. The average Bonchev–Trinajstić information content (AvgIpc) is 2.57. The number of nitrogens with one attached hydrogen (secondary N) is 1. The number of ether oxygens (including phenoxy) is 1. The molecule has 5 heteroatoms. The summed E-state index contributed by atoms with van der Waals surface area (Å²) in [6.07, 6.45) is 1.59. The highest BCUT2D eigenvalue weighted by molar-refractivity contribution is 7.99. The highest BCUT2D eigenvalue weighted by atomic mass is 32.2. The van der Waals surface area contributed by atoms with E-state index < -0.39 is 6.04 Å². The Bertz CT molecular complexity index is 626. The molecule has 0 aromatic heterocycles. The third kappa shape index (κ3) is 5.30. The lowest BCUT2D eigenvalue weighted by Crippen LogP contribution is -2.35. The van der Waals surface area contributed by atoms with Crippen molar-refractivity contribution >= 4 is 23.4 Å². The summed E-state index contributed by atoms with van der Waals surface area (Å²) in [7, 11) is 1.65. The second-order valence-electron chi connectivity index (χ2n) is 5.19. The molecule has 0 radical (unpaired) electrons. The SMILES string of the molecule is CCCC(N)C(=O)Nc1ccc(Sc2ccc(OC)cc2)cc1. The Morgan fingerprint density at radius 3 is 2.22 bits per heavy atom.